The lowest BCUT2D eigenvalue weighted by Gasteiger charge is -2.34. The van der Waals surface area contributed by atoms with Gasteiger partial charge in [0.1, 0.15) is 4.90 Å². The molecule has 120 valence electrons. The van der Waals surface area contributed by atoms with Crippen LogP contribution in [0.3, 0.4) is 0 Å². The molecule has 0 radical (unpaired) electrons. The molecule has 0 spiro atoms. The number of rotatable bonds is 3. The molecule has 7 heteroatoms. The molecule has 2 aromatic rings. The SMILES string of the molecule is O=C(c1ccccc1)N1CCN(S(=O)(=O)c2cccnc2)CC1. The van der Waals surface area contributed by atoms with Gasteiger partial charge in [0, 0.05) is 44.1 Å². The molecule has 0 atom stereocenters. The van der Waals surface area contributed by atoms with Gasteiger partial charge in [-0.2, -0.15) is 4.31 Å². The van der Waals surface area contributed by atoms with Crippen molar-refractivity contribution in [3.63, 3.8) is 0 Å². The van der Waals surface area contributed by atoms with Crippen molar-refractivity contribution in [2.45, 2.75) is 4.90 Å². The second-order valence-electron chi connectivity index (χ2n) is 5.25. The highest BCUT2D eigenvalue weighted by Gasteiger charge is 2.30. The molecule has 0 unspecified atom stereocenters. The number of carbonyl (C=O) groups is 1. The fraction of sp³-hybridized carbons (Fsp3) is 0.250. The Hall–Kier alpha value is -2.25. The summed E-state index contributed by atoms with van der Waals surface area (Å²) in [6, 6.07) is 12.1. The van der Waals surface area contributed by atoms with Crippen LogP contribution >= 0.6 is 0 Å². The first-order valence-corrected chi connectivity index (χ1v) is 8.77. The summed E-state index contributed by atoms with van der Waals surface area (Å²) >= 11 is 0. The topological polar surface area (TPSA) is 70.6 Å². The Morgan fingerprint density at radius 1 is 0.957 bits per heavy atom. The lowest BCUT2D eigenvalue weighted by molar-refractivity contribution is 0.0698. The predicted octanol–water partition coefficient (Wildman–Crippen LogP) is 1.23. The van der Waals surface area contributed by atoms with Gasteiger partial charge in [-0.25, -0.2) is 8.42 Å². The molecule has 1 aromatic heterocycles. The molecule has 3 rings (SSSR count). The molecule has 6 nitrogen and oxygen atoms in total. The van der Waals surface area contributed by atoms with Crippen LogP contribution in [0, 0.1) is 0 Å². The van der Waals surface area contributed by atoms with Crippen molar-refractivity contribution in [1.82, 2.24) is 14.2 Å². The number of pyridine rings is 1. The van der Waals surface area contributed by atoms with E-state index in [1.807, 2.05) is 18.2 Å². The molecular formula is C16H17N3O3S. The van der Waals surface area contributed by atoms with Gasteiger partial charge in [-0.1, -0.05) is 18.2 Å². The van der Waals surface area contributed by atoms with Gasteiger partial charge in [0.05, 0.1) is 0 Å². The van der Waals surface area contributed by atoms with Gasteiger partial charge in [0.15, 0.2) is 0 Å². The van der Waals surface area contributed by atoms with Crippen LogP contribution in [0.15, 0.2) is 59.8 Å². The monoisotopic (exact) mass is 331 g/mol. The number of sulfonamides is 1. The van der Waals surface area contributed by atoms with E-state index in [1.165, 1.54) is 22.8 Å². The standard InChI is InChI=1S/C16H17N3O3S/c20-16(14-5-2-1-3-6-14)18-9-11-19(12-10-18)23(21,22)15-7-4-8-17-13-15/h1-8,13H,9-12H2. The number of aromatic nitrogens is 1. The molecule has 2 heterocycles. The number of hydrogen-bond donors (Lipinski definition) is 0. The number of carbonyl (C=O) groups excluding carboxylic acids is 1. The molecule has 23 heavy (non-hydrogen) atoms. The second-order valence-corrected chi connectivity index (χ2v) is 7.19. The summed E-state index contributed by atoms with van der Waals surface area (Å²) in [6.07, 6.45) is 2.88. The van der Waals surface area contributed by atoms with Crippen LogP contribution in [-0.4, -0.2) is 54.7 Å². The Morgan fingerprint density at radius 2 is 1.65 bits per heavy atom. The number of nitrogens with zero attached hydrogens (tertiary/aromatic N) is 3. The molecule has 1 fully saturated rings. The van der Waals surface area contributed by atoms with Crippen LogP contribution in [0.1, 0.15) is 10.4 Å². The van der Waals surface area contributed by atoms with Crippen LogP contribution in [0.2, 0.25) is 0 Å². The zero-order valence-corrected chi connectivity index (χ0v) is 13.3. The van der Waals surface area contributed by atoms with Gasteiger partial charge < -0.3 is 4.90 Å². The van der Waals surface area contributed by atoms with E-state index in [1.54, 1.807) is 23.1 Å². The normalized spacial score (nSPS) is 16.3. The molecule has 1 aliphatic rings. The highest BCUT2D eigenvalue weighted by Crippen LogP contribution is 2.17. The van der Waals surface area contributed by atoms with Gasteiger partial charge >= 0.3 is 0 Å². The number of piperazine rings is 1. The first kappa shape index (κ1) is 15.6. The first-order valence-electron chi connectivity index (χ1n) is 7.33. The Bertz CT molecular complexity index is 771. The molecule has 1 saturated heterocycles. The minimum absolute atomic E-state index is 0.0657. The predicted molar refractivity (Wildman–Crippen MR) is 85.3 cm³/mol. The van der Waals surface area contributed by atoms with Gasteiger partial charge in [-0.05, 0) is 24.3 Å². The van der Waals surface area contributed by atoms with Crippen LogP contribution in [0.25, 0.3) is 0 Å². The van der Waals surface area contributed by atoms with E-state index in [0.717, 1.165) is 0 Å². The lowest BCUT2D eigenvalue weighted by Crippen LogP contribution is -2.50. The molecular weight excluding hydrogens is 314 g/mol. The summed E-state index contributed by atoms with van der Waals surface area (Å²) in [7, 11) is -3.54. The summed E-state index contributed by atoms with van der Waals surface area (Å²) in [5.41, 5.74) is 0.621. The zero-order chi connectivity index (χ0) is 16.3. The zero-order valence-electron chi connectivity index (χ0n) is 12.5. The Labute approximate surface area is 135 Å². The number of hydrogen-bond acceptors (Lipinski definition) is 4. The Morgan fingerprint density at radius 3 is 2.26 bits per heavy atom. The molecule has 1 aromatic carbocycles. The Balaban J connectivity index is 1.68. The van der Waals surface area contributed by atoms with Crippen LogP contribution < -0.4 is 0 Å². The highest BCUT2D eigenvalue weighted by molar-refractivity contribution is 7.89. The average Bonchev–Trinajstić information content (AvgIpc) is 2.63. The largest absolute Gasteiger partial charge is 0.336 e. The van der Waals surface area contributed by atoms with E-state index in [9.17, 15) is 13.2 Å². The maximum atomic E-state index is 12.5. The van der Waals surface area contributed by atoms with E-state index in [-0.39, 0.29) is 23.9 Å². The third-order valence-electron chi connectivity index (χ3n) is 3.82. The summed E-state index contributed by atoms with van der Waals surface area (Å²) in [5, 5.41) is 0. The average molecular weight is 331 g/mol. The smallest absolute Gasteiger partial charge is 0.253 e. The molecule has 1 aliphatic heterocycles. The fourth-order valence-corrected chi connectivity index (χ4v) is 3.93. The van der Waals surface area contributed by atoms with Crippen LogP contribution in [0.5, 0.6) is 0 Å². The van der Waals surface area contributed by atoms with Crippen molar-refractivity contribution in [2.75, 3.05) is 26.2 Å². The minimum Gasteiger partial charge on any atom is -0.336 e. The summed E-state index contributed by atoms with van der Waals surface area (Å²) in [6.45, 7) is 1.34. The third-order valence-corrected chi connectivity index (χ3v) is 5.70. The summed E-state index contributed by atoms with van der Waals surface area (Å²) in [4.78, 5) is 18.1. The van der Waals surface area contributed by atoms with Crippen molar-refractivity contribution >= 4 is 15.9 Å². The highest BCUT2D eigenvalue weighted by atomic mass is 32.2. The van der Waals surface area contributed by atoms with Crippen molar-refractivity contribution in [3.8, 4) is 0 Å². The quantitative estimate of drug-likeness (QED) is 0.848. The van der Waals surface area contributed by atoms with E-state index in [4.69, 9.17) is 0 Å². The van der Waals surface area contributed by atoms with Crippen molar-refractivity contribution < 1.29 is 13.2 Å². The van der Waals surface area contributed by atoms with Crippen molar-refractivity contribution in [3.05, 3.63) is 60.4 Å². The van der Waals surface area contributed by atoms with Gasteiger partial charge in [-0.15, -0.1) is 0 Å². The van der Waals surface area contributed by atoms with Gasteiger partial charge in [0.2, 0.25) is 10.0 Å². The lowest BCUT2D eigenvalue weighted by atomic mass is 10.2. The maximum absolute atomic E-state index is 12.5. The van der Waals surface area contributed by atoms with Crippen LogP contribution in [0.4, 0.5) is 0 Å². The third kappa shape index (κ3) is 3.25. The van der Waals surface area contributed by atoms with E-state index in [2.05, 4.69) is 4.98 Å². The first-order chi connectivity index (χ1) is 11.1. The van der Waals surface area contributed by atoms with E-state index in [0.29, 0.717) is 18.7 Å². The maximum Gasteiger partial charge on any atom is 0.253 e. The number of benzene rings is 1. The Kier molecular flexibility index (Phi) is 4.40. The molecule has 0 aliphatic carbocycles. The van der Waals surface area contributed by atoms with Gasteiger partial charge in [0.25, 0.3) is 5.91 Å². The van der Waals surface area contributed by atoms with Gasteiger partial charge in [-0.3, -0.25) is 9.78 Å². The van der Waals surface area contributed by atoms with E-state index < -0.39 is 10.0 Å². The van der Waals surface area contributed by atoms with Crippen molar-refractivity contribution in [1.29, 1.82) is 0 Å². The number of amides is 1. The molecule has 0 saturated carbocycles. The van der Waals surface area contributed by atoms with Crippen molar-refractivity contribution in [2.24, 2.45) is 0 Å². The minimum atomic E-state index is -3.54. The molecule has 0 bridgehead atoms. The molecule has 0 N–H and O–H groups in total. The summed E-state index contributed by atoms with van der Waals surface area (Å²) in [5.74, 6) is -0.0657. The molecule has 1 amide bonds. The summed E-state index contributed by atoms with van der Waals surface area (Å²) < 4.78 is 26.4. The fourth-order valence-electron chi connectivity index (χ4n) is 2.54. The van der Waals surface area contributed by atoms with Crippen LogP contribution in [-0.2, 0) is 10.0 Å². The van der Waals surface area contributed by atoms with E-state index >= 15 is 0 Å². The second kappa shape index (κ2) is 6.47.